The van der Waals surface area contributed by atoms with E-state index in [2.05, 4.69) is 10.0 Å². The van der Waals surface area contributed by atoms with Gasteiger partial charge < -0.3 is 15.0 Å². The summed E-state index contributed by atoms with van der Waals surface area (Å²) < 4.78 is 30.8. The maximum absolute atomic E-state index is 12.4. The predicted octanol–water partition coefficient (Wildman–Crippen LogP) is 1.88. The fourth-order valence-electron chi connectivity index (χ4n) is 2.63. The Hall–Kier alpha value is -1.80. The lowest BCUT2D eigenvalue weighted by molar-refractivity contribution is 0.183. The summed E-state index contributed by atoms with van der Waals surface area (Å²) in [6.45, 7) is 3.28. The Morgan fingerprint density at radius 2 is 1.96 bits per heavy atom. The molecule has 1 heterocycles. The second-order valence-electron chi connectivity index (χ2n) is 5.81. The van der Waals surface area contributed by atoms with E-state index in [9.17, 15) is 13.2 Å². The number of sulfonamides is 1. The molecule has 8 heteroatoms. The van der Waals surface area contributed by atoms with Crippen molar-refractivity contribution in [3.63, 3.8) is 0 Å². The maximum Gasteiger partial charge on any atom is 0.321 e. The molecule has 2 N–H and O–H groups in total. The van der Waals surface area contributed by atoms with Crippen molar-refractivity contribution in [3.8, 4) is 5.75 Å². The fraction of sp³-hybridized carbons (Fsp3) is 0.562. The molecule has 1 aliphatic rings. The van der Waals surface area contributed by atoms with Crippen molar-refractivity contribution in [2.24, 2.45) is 5.92 Å². The summed E-state index contributed by atoms with van der Waals surface area (Å²) in [5.74, 6) is 0.976. The summed E-state index contributed by atoms with van der Waals surface area (Å²) in [5, 5.41) is 2.86. The number of likely N-dealkylation sites (tertiary alicyclic amines) is 1. The smallest absolute Gasteiger partial charge is 0.321 e. The summed E-state index contributed by atoms with van der Waals surface area (Å²) in [7, 11) is -1.59. The Morgan fingerprint density at radius 1 is 1.29 bits per heavy atom. The van der Waals surface area contributed by atoms with Gasteiger partial charge in [0.2, 0.25) is 10.0 Å². The maximum atomic E-state index is 12.4. The molecule has 0 spiro atoms. The predicted molar refractivity (Wildman–Crippen MR) is 93.8 cm³/mol. The summed E-state index contributed by atoms with van der Waals surface area (Å²) in [6.07, 6.45) is 1.57. The second kappa shape index (κ2) is 8.34. The third-order valence-electron chi connectivity index (χ3n) is 4.22. The first-order chi connectivity index (χ1) is 11.4. The van der Waals surface area contributed by atoms with E-state index in [1.807, 2.05) is 12.1 Å². The quantitative estimate of drug-likeness (QED) is 0.815. The van der Waals surface area contributed by atoms with Crippen molar-refractivity contribution in [1.29, 1.82) is 0 Å². The monoisotopic (exact) mass is 355 g/mol. The molecule has 2 rings (SSSR count). The lowest BCUT2D eigenvalue weighted by atomic mass is 9.97. The van der Waals surface area contributed by atoms with Gasteiger partial charge in [-0.2, -0.15) is 0 Å². The van der Waals surface area contributed by atoms with Gasteiger partial charge in [-0.3, -0.25) is 0 Å². The molecule has 0 aliphatic carbocycles. The molecule has 0 bridgehead atoms. The number of urea groups is 1. The number of nitrogens with zero attached hydrogens (tertiary/aromatic N) is 1. The molecule has 1 saturated heterocycles. The Morgan fingerprint density at radius 3 is 2.58 bits per heavy atom. The molecule has 0 radical (unpaired) electrons. The van der Waals surface area contributed by atoms with E-state index in [4.69, 9.17) is 4.74 Å². The van der Waals surface area contributed by atoms with Gasteiger partial charge in [0.1, 0.15) is 5.75 Å². The van der Waals surface area contributed by atoms with Crippen molar-refractivity contribution in [2.75, 3.05) is 37.8 Å². The first kappa shape index (κ1) is 18.5. The van der Waals surface area contributed by atoms with E-state index < -0.39 is 10.0 Å². The first-order valence-electron chi connectivity index (χ1n) is 8.11. The Balaban J connectivity index is 1.82. The number of rotatable bonds is 6. The van der Waals surface area contributed by atoms with E-state index in [1.54, 1.807) is 31.1 Å². The summed E-state index contributed by atoms with van der Waals surface area (Å²) in [4.78, 5) is 14.1. The molecule has 0 saturated carbocycles. The minimum atomic E-state index is -3.15. The topological polar surface area (TPSA) is 87.7 Å². The zero-order valence-electron chi connectivity index (χ0n) is 14.1. The third kappa shape index (κ3) is 5.10. The fourth-order valence-corrected chi connectivity index (χ4v) is 3.32. The van der Waals surface area contributed by atoms with E-state index in [0.29, 0.717) is 31.1 Å². The Bertz CT molecular complexity index is 655. The highest BCUT2D eigenvalue weighted by Gasteiger charge is 2.24. The molecule has 1 fully saturated rings. The SMILES string of the molecule is CCS(=O)(=O)NCC1CCN(C(=O)Nc2ccccc2OC)CC1. The molecular weight excluding hydrogens is 330 g/mol. The van der Waals surface area contributed by atoms with Gasteiger partial charge >= 0.3 is 6.03 Å². The minimum absolute atomic E-state index is 0.0904. The average Bonchev–Trinajstić information content (AvgIpc) is 2.61. The van der Waals surface area contributed by atoms with E-state index in [-0.39, 0.29) is 17.7 Å². The number of para-hydroxylation sites is 2. The van der Waals surface area contributed by atoms with Gasteiger partial charge in [-0.15, -0.1) is 0 Å². The van der Waals surface area contributed by atoms with Crippen LogP contribution in [0.15, 0.2) is 24.3 Å². The van der Waals surface area contributed by atoms with Crippen LogP contribution >= 0.6 is 0 Å². The van der Waals surface area contributed by atoms with Crippen molar-refractivity contribution >= 4 is 21.7 Å². The molecule has 1 aromatic carbocycles. The molecule has 1 aliphatic heterocycles. The number of benzene rings is 1. The van der Waals surface area contributed by atoms with Crippen LogP contribution in [0.4, 0.5) is 10.5 Å². The van der Waals surface area contributed by atoms with E-state index in [0.717, 1.165) is 12.8 Å². The Labute approximate surface area is 143 Å². The molecule has 0 unspecified atom stereocenters. The first-order valence-corrected chi connectivity index (χ1v) is 9.76. The number of anilines is 1. The van der Waals surface area contributed by atoms with Crippen LogP contribution in [0, 0.1) is 5.92 Å². The highest BCUT2D eigenvalue weighted by molar-refractivity contribution is 7.89. The van der Waals surface area contributed by atoms with Crippen molar-refractivity contribution < 1.29 is 17.9 Å². The molecule has 1 aromatic rings. The molecule has 24 heavy (non-hydrogen) atoms. The van der Waals surface area contributed by atoms with Gasteiger partial charge in [0.05, 0.1) is 18.6 Å². The van der Waals surface area contributed by atoms with Gasteiger partial charge in [-0.25, -0.2) is 17.9 Å². The third-order valence-corrected chi connectivity index (χ3v) is 5.59. The number of methoxy groups -OCH3 is 1. The highest BCUT2D eigenvalue weighted by Crippen LogP contribution is 2.24. The van der Waals surface area contributed by atoms with Crippen LogP contribution in [0.3, 0.4) is 0 Å². The zero-order chi connectivity index (χ0) is 17.6. The molecule has 134 valence electrons. The number of nitrogens with one attached hydrogen (secondary N) is 2. The normalized spacial score (nSPS) is 16.0. The number of carbonyl (C=O) groups is 1. The standard InChI is InChI=1S/C16H25N3O4S/c1-3-24(21,22)17-12-13-8-10-19(11-9-13)16(20)18-14-6-4-5-7-15(14)23-2/h4-7,13,17H,3,8-12H2,1-2H3,(H,18,20). The van der Waals surface area contributed by atoms with E-state index >= 15 is 0 Å². The molecule has 0 atom stereocenters. The molecule has 2 amide bonds. The minimum Gasteiger partial charge on any atom is -0.495 e. The highest BCUT2D eigenvalue weighted by atomic mass is 32.2. The summed E-state index contributed by atoms with van der Waals surface area (Å²) >= 11 is 0. The van der Waals surface area contributed by atoms with Crippen LogP contribution in [0.2, 0.25) is 0 Å². The number of piperidine rings is 1. The van der Waals surface area contributed by atoms with Crippen LogP contribution in [-0.2, 0) is 10.0 Å². The van der Waals surface area contributed by atoms with Gasteiger partial charge in [0.25, 0.3) is 0 Å². The van der Waals surface area contributed by atoms with Crippen LogP contribution in [0.1, 0.15) is 19.8 Å². The van der Waals surface area contributed by atoms with Crippen LogP contribution in [-0.4, -0.2) is 51.8 Å². The van der Waals surface area contributed by atoms with Gasteiger partial charge in [0, 0.05) is 19.6 Å². The summed E-state index contributed by atoms with van der Waals surface area (Å²) in [6, 6.07) is 7.11. The van der Waals surface area contributed by atoms with Crippen LogP contribution < -0.4 is 14.8 Å². The Kier molecular flexibility index (Phi) is 6.44. The van der Waals surface area contributed by atoms with Crippen molar-refractivity contribution in [1.82, 2.24) is 9.62 Å². The van der Waals surface area contributed by atoms with Gasteiger partial charge in [-0.05, 0) is 37.8 Å². The molecule has 0 aromatic heterocycles. The number of ether oxygens (including phenoxy) is 1. The lowest BCUT2D eigenvalue weighted by Gasteiger charge is -2.32. The van der Waals surface area contributed by atoms with Gasteiger partial charge in [-0.1, -0.05) is 12.1 Å². The largest absolute Gasteiger partial charge is 0.495 e. The van der Waals surface area contributed by atoms with Crippen LogP contribution in [0.25, 0.3) is 0 Å². The van der Waals surface area contributed by atoms with Crippen molar-refractivity contribution in [2.45, 2.75) is 19.8 Å². The average molecular weight is 355 g/mol. The number of hydrogen-bond acceptors (Lipinski definition) is 4. The number of hydrogen-bond donors (Lipinski definition) is 2. The van der Waals surface area contributed by atoms with Crippen LogP contribution in [0.5, 0.6) is 5.75 Å². The number of amides is 2. The number of carbonyl (C=O) groups excluding carboxylic acids is 1. The zero-order valence-corrected chi connectivity index (χ0v) is 14.9. The van der Waals surface area contributed by atoms with Crippen molar-refractivity contribution in [3.05, 3.63) is 24.3 Å². The van der Waals surface area contributed by atoms with E-state index in [1.165, 1.54) is 0 Å². The second-order valence-corrected chi connectivity index (χ2v) is 7.91. The molecular formula is C16H25N3O4S. The lowest BCUT2D eigenvalue weighted by Crippen LogP contribution is -2.43. The summed E-state index contributed by atoms with van der Waals surface area (Å²) in [5.41, 5.74) is 0.642. The van der Waals surface area contributed by atoms with Gasteiger partial charge in [0.15, 0.2) is 0 Å². The molecule has 7 nitrogen and oxygen atoms in total.